The zero-order valence-electron chi connectivity index (χ0n) is 19.0. The second kappa shape index (κ2) is 10.1. The Hall–Kier alpha value is -4.66. The van der Waals surface area contributed by atoms with Crippen LogP contribution in [0.4, 0.5) is 5.69 Å². The summed E-state index contributed by atoms with van der Waals surface area (Å²) in [6, 6.07) is 17.2. The highest BCUT2D eigenvalue weighted by Crippen LogP contribution is 2.36. The molecule has 3 aromatic rings. The number of hydrogen-bond acceptors (Lipinski definition) is 8. The van der Waals surface area contributed by atoms with E-state index < -0.39 is 16.7 Å². The van der Waals surface area contributed by atoms with Gasteiger partial charge < -0.3 is 18.9 Å². The van der Waals surface area contributed by atoms with Gasteiger partial charge in [0.2, 0.25) is 6.79 Å². The lowest BCUT2D eigenvalue weighted by Gasteiger charge is -2.15. The molecule has 0 spiro atoms. The van der Waals surface area contributed by atoms with Crippen LogP contribution in [0.1, 0.15) is 21.5 Å². The number of nitrogens with zero attached hydrogens (tertiary/aromatic N) is 1. The van der Waals surface area contributed by atoms with E-state index in [2.05, 4.69) is 0 Å². The zero-order valence-corrected chi connectivity index (χ0v) is 19.0. The van der Waals surface area contributed by atoms with Gasteiger partial charge in [0.1, 0.15) is 5.75 Å². The van der Waals surface area contributed by atoms with Gasteiger partial charge in [-0.25, -0.2) is 4.79 Å². The number of esters is 1. The highest BCUT2D eigenvalue weighted by molar-refractivity contribution is 6.27. The monoisotopic (exact) mass is 475 g/mol. The van der Waals surface area contributed by atoms with E-state index in [1.54, 1.807) is 48.5 Å². The van der Waals surface area contributed by atoms with Crippen molar-refractivity contribution in [3.63, 3.8) is 0 Å². The molecular weight excluding hydrogens is 454 g/mol. The van der Waals surface area contributed by atoms with E-state index in [0.29, 0.717) is 33.9 Å². The van der Waals surface area contributed by atoms with Crippen molar-refractivity contribution in [2.45, 2.75) is 6.42 Å². The van der Waals surface area contributed by atoms with Crippen molar-refractivity contribution in [1.82, 2.24) is 0 Å². The molecule has 0 unspecified atom stereocenters. The first kappa shape index (κ1) is 23.5. The Labute approximate surface area is 200 Å². The number of nitro benzene ring substituents is 1. The molecule has 0 fully saturated rings. The predicted octanol–water partition coefficient (Wildman–Crippen LogP) is 4.38. The summed E-state index contributed by atoms with van der Waals surface area (Å²) in [7, 11) is 2.73. The average Bonchev–Trinajstić information content (AvgIpc) is 3.36. The maximum atomic E-state index is 13.7. The lowest BCUT2D eigenvalue weighted by Crippen LogP contribution is -2.15. The number of benzene rings is 3. The molecule has 0 aliphatic carbocycles. The number of carbonyl (C=O) groups is 2. The quantitative estimate of drug-likeness (QED) is 0.155. The molecule has 0 N–H and O–H groups in total. The van der Waals surface area contributed by atoms with Gasteiger partial charge in [0.25, 0.3) is 5.69 Å². The minimum Gasteiger partial charge on any atom is -0.497 e. The number of hydrogen-bond donors (Lipinski definition) is 0. The van der Waals surface area contributed by atoms with Crippen molar-refractivity contribution in [2.75, 3.05) is 21.0 Å². The smallest absolute Gasteiger partial charge is 0.338 e. The second-order valence-corrected chi connectivity index (χ2v) is 7.57. The lowest BCUT2D eigenvalue weighted by atomic mass is 9.89. The summed E-state index contributed by atoms with van der Waals surface area (Å²) in [4.78, 5) is 37.5. The summed E-state index contributed by atoms with van der Waals surface area (Å²) >= 11 is 0. The first-order chi connectivity index (χ1) is 16.9. The molecule has 35 heavy (non-hydrogen) atoms. The summed E-state index contributed by atoms with van der Waals surface area (Å²) in [5.74, 6) is 0.341. The number of non-ortho nitro benzene ring substituents is 1. The Morgan fingerprint density at radius 1 is 0.943 bits per heavy atom. The molecule has 0 atom stereocenters. The van der Waals surface area contributed by atoms with Crippen molar-refractivity contribution < 1.29 is 33.5 Å². The van der Waals surface area contributed by atoms with Crippen LogP contribution in [0, 0.1) is 10.1 Å². The number of carbonyl (C=O) groups excluding carboxylic acids is 2. The normalized spacial score (nSPS) is 12.5. The minimum absolute atomic E-state index is 0.0260. The molecule has 1 heterocycles. The van der Waals surface area contributed by atoms with Crippen molar-refractivity contribution in [1.29, 1.82) is 0 Å². The van der Waals surface area contributed by atoms with E-state index in [-0.39, 0.29) is 30.0 Å². The molecule has 178 valence electrons. The molecule has 0 amide bonds. The first-order valence-electron chi connectivity index (χ1n) is 10.5. The van der Waals surface area contributed by atoms with E-state index in [9.17, 15) is 19.7 Å². The SMILES string of the molecule is COC(=O)/C(=C(/Cc1cccc([N+](=O)[O-])c1)C(=O)c1ccc(OC)cc1)c1ccc2c(c1)OCO2. The van der Waals surface area contributed by atoms with Gasteiger partial charge >= 0.3 is 5.97 Å². The molecule has 1 aliphatic heterocycles. The third-order valence-corrected chi connectivity index (χ3v) is 5.48. The molecule has 0 saturated heterocycles. The van der Waals surface area contributed by atoms with E-state index in [1.165, 1.54) is 32.4 Å². The fraction of sp³-hybridized carbons (Fsp3) is 0.154. The van der Waals surface area contributed by atoms with Crippen LogP contribution >= 0.6 is 0 Å². The Bertz CT molecular complexity index is 1330. The van der Waals surface area contributed by atoms with Crippen LogP contribution in [0.2, 0.25) is 0 Å². The number of allylic oxidation sites excluding steroid dienone is 1. The number of Topliss-reactive ketones (excluding diaryl/α,β-unsaturated/α-hetero) is 1. The Morgan fingerprint density at radius 3 is 2.34 bits per heavy atom. The van der Waals surface area contributed by atoms with Crippen LogP contribution in [-0.2, 0) is 16.0 Å². The summed E-state index contributed by atoms with van der Waals surface area (Å²) < 4.78 is 21.0. The molecule has 9 heteroatoms. The molecule has 3 aromatic carbocycles. The third-order valence-electron chi connectivity index (χ3n) is 5.48. The molecule has 4 rings (SSSR count). The van der Waals surface area contributed by atoms with E-state index in [4.69, 9.17) is 18.9 Å². The molecule has 0 aromatic heterocycles. The molecule has 9 nitrogen and oxygen atoms in total. The zero-order chi connectivity index (χ0) is 24.9. The summed E-state index contributed by atoms with van der Waals surface area (Å²) in [5, 5.41) is 11.3. The van der Waals surface area contributed by atoms with Gasteiger partial charge in [0.05, 0.1) is 24.7 Å². The van der Waals surface area contributed by atoms with Crippen LogP contribution in [0.25, 0.3) is 5.57 Å². The molecule has 0 saturated carbocycles. The average molecular weight is 475 g/mol. The molecular formula is C26H21NO8. The third kappa shape index (κ3) is 4.98. The van der Waals surface area contributed by atoms with Gasteiger partial charge in [-0.1, -0.05) is 18.2 Å². The van der Waals surface area contributed by atoms with Crippen LogP contribution in [0.3, 0.4) is 0 Å². The van der Waals surface area contributed by atoms with Gasteiger partial charge in [-0.15, -0.1) is 0 Å². The van der Waals surface area contributed by atoms with Gasteiger partial charge in [0.15, 0.2) is 17.3 Å². The van der Waals surface area contributed by atoms with E-state index >= 15 is 0 Å². The van der Waals surface area contributed by atoms with Crippen LogP contribution < -0.4 is 14.2 Å². The predicted molar refractivity (Wildman–Crippen MR) is 126 cm³/mol. The lowest BCUT2D eigenvalue weighted by molar-refractivity contribution is -0.384. The first-order valence-corrected chi connectivity index (χ1v) is 10.5. The van der Waals surface area contributed by atoms with Gasteiger partial charge in [0, 0.05) is 29.7 Å². The largest absolute Gasteiger partial charge is 0.497 e. The Kier molecular flexibility index (Phi) is 6.77. The number of ketones is 1. The summed E-state index contributed by atoms with van der Waals surface area (Å²) in [6.07, 6.45) is -0.0502. The van der Waals surface area contributed by atoms with Crippen molar-refractivity contribution in [3.8, 4) is 17.2 Å². The number of methoxy groups -OCH3 is 2. The fourth-order valence-corrected chi connectivity index (χ4v) is 3.75. The van der Waals surface area contributed by atoms with E-state index in [0.717, 1.165) is 0 Å². The maximum Gasteiger partial charge on any atom is 0.338 e. The van der Waals surface area contributed by atoms with Gasteiger partial charge in [-0.3, -0.25) is 14.9 Å². The van der Waals surface area contributed by atoms with Gasteiger partial charge in [-0.05, 0) is 47.5 Å². The Balaban J connectivity index is 1.90. The molecule has 0 radical (unpaired) electrons. The summed E-state index contributed by atoms with van der Waals surface area (Å²) in [6.45, 7) is 0.0430. The number of ether oxygens (including phenoxy) is 4. The number of nitro groups is 1. The second-order valence-electron chi connectivity index (χ2n) is 7.57. The topological polar surface area (TPSA) is 114 Å². The maximum absolute atomic E-state index is 13.7. The molecule has 1 aliphatic rings. The fourth-order valence-electron chi connectivity index (χ4n) is 3.75. The standard InChI is InChI=1S/C26H21NO8/c1-32-20-9-6-17(7-10-20)25(28)21(13-16-4-3-5-19(12-16)27(30)31)24(26(29)33-2)18-8-11-22-23(14-18)35-15-34-22/h3-12,14H,13,15H2,1-2H3/b24-21-. The summed E-state index contributed by atoms with van der Waals surface area (Å²) in [5.41, 5.74) is 1.20. The highest BCUT2D eigenvalue weighted by Gasteiger charge is 2.27. The van der Waals surface area contributed by atoms with Crippen LogP contribution in [0.15, 0.2) is 72.3 Å². The number of rotatable bonds is 8. The van der Waals surface area contributed by atoms with E-state index in [1.807, 2.05) is 0 Å². The Morgan fingerprint density at radius 2 is 1.66 bits per heavy atom. The minimum atomic E-state index is -0.730. The van der Waals surface area contributed by atoms with Crippen molar-refractivity contribution >= 4 is 23.0 Å². The van der Waals surface area contributed by atoms with Crippen LogP contribution in [-0.4, -0.2) is 37.7 Å². The van der Waals surface area contributed by atoms with Gasteiger partial charge in [-0.2, -0.15) is 0 Å². The number of fused-ring (bicyclic) bond motifs is 1. The van der Waals surface area contributed by atoms with Crippen LogP contribution in [0.5, 0.6) is 17.2 Å². The van der Waals surface area contributed by atoms with Crippen molar-refractivity contribution in [3.05, 3.63) is 99.1 Å². The highest BCUT2D eigenvalue weighted by atomic mass is 16.7. The molecule has 0 bridgehead atoms. The van der Waals surface area contributed by atoms with Crippen molar-refractivity contribution in [2.24, 2.45) is 0 Å².